The summed E-state index contributed by atoms with van der Waals surface area (Å²) in [5.41, 5.74) is 22.6. The molecule has 0 aromatic heterocycles. The van der Waals surface area contributed by atoms with Gasteiger partial charge in [-0.1, -0.05) is 96.8 Å². The molecule has 0 heterocycles. The Morgan fingerprint density at radius 1 is 0.347 bits per heavy atom. The van der Waals surface area contributed by atoms with Gasteiger partial charge in [0.2, 0.25) is 0 Å². The molecule has 246 valence electrons. The molecule has 0 spiro atoms. The standard InChI is InChI=1S/C47H48N2/c1-29-11-15-37(16-12-29)48(45-33(5)23-31(3)24-34(45)6)39-19-21-41-42-22-20-40(28-44(42)47(9,10)43(41)27-39)49(38-17-13-30(2)14-18-38)46-35(7)25-32(4)26-36(46)8/h11-28H,1-10H3. The molecule has 2 nitrogen and oxygen atoms in total. The second-order valence-corrected chi connectivity index (χ2v) is 14.9. The number of hydrogen-bond acceptors (Lipinski definition) is 2. The maximum Gasteiger partial charge on any atom is 0.0520 e. The van der Waals surface area contributed by atoms with Crippen LogP contribution >= 0.6 is 0 Å². The van der Waals surface area contributed by atoms with E-state index in [1.54, 1.807) is 0 Å². The van der Waals surface area contributed by atoms with Gasteiger partial charge < -0.3 is 9.80 Å². The summed E-state index contributed by atoms with van der Waals surface area (Å²) in [5, 5.41) is 0. The molecule has 7 rings (SSSR count). The van der Waals surface area contributed by atoms with Crippen molar-refractivity contribution in [1.82, 2.24) is 0 Å². The minimum absolute atomic E-state index is 0.191. The topological polar surface area (TPSA) is 6.48 Å². The van der Waals surface area contributed by atoms with Crippen LogP contribution in [-0.2, 0) is 5.41 Å². The van der Waals surface area contributed by atoms with Crippen molar-refractivity contribution in [2.24, 2.45) is 0 Å². The molecule has 0 saturated carbocycles. The van der Waals surface area contributed by atoms with Gasteiger partial charge in [-0.2, -0.15) is 0 Å². The van der Waals surface area contributed by atoms with Gasteiger partial charge in [-0.05, 0) is 148 Å². The Hall–Kier alpha value is -5.08. The average Bonchev–Trinajstić information content (AvgIpc) is 3.27. The van der Waals surface area contributed by atoms with Crippen molar-refractivity contribution in [3.63, 3.8) is 0 Å². The Morgan fingerprint density at radius 3 is 0.980 bits per heavy atom. The van der Waals surface area contributed by atoms with E-state index in [1.807, 2.05) is 0 Å². The van der Waals surface area contributed by atoms with E-state index in [0.717, 1.165) is 0 Å². The van der Waals surface area contributed by atoms with Gasteiger partial charge in [0.1, 0.15) is 0 Å². The van der Waals surface area contributed by atoms with Crippen LogP contribution in [0.3, 0.4) is 0 Å². The van der Waals surface area contributed by atoms with Gasteiger partial charge in [0, 0.05) is 28.2 Å². The zero-order valence-corrected chi connectivity index (χ0v) is 30.8. The highest BCUT2D eigenvalue weighted by Gasteiger charge is 2.37. The van der Waals surface area contributed by atoms with Crippen molar-refractivity contribution in [2.45, 2.75) is 74.7 Å². The second-order valence-electron chi connectivity index (χ2n) is 14.9. The van der Waals surface area contributed by atoms with Crippen LogP contribution in [0, 0.1) is 55.4 Å². The van der Waals surface area contributed by atoms with Crippen molar-refractivity contribution in [1.29, 1.82) is 0 Å². The number of benzene rings is 6. The molecule has 1 aliphatic carbocycles. The second kappa shape index (κ2) is 12.1. The minimum Gasteiger partial charge on any atom is -0.310 e. The zero-order chi connectivity index (χ0) is 34.8. The number of fused-ring (bicyclic) bond motifs is 3. The molecule has 0 amide bonds. The van der Waals surface area contributed by atoms with E-state index in [2.05, 4.69) is 188 Å². The van der Waals surface area contributed by atoms with Crippen LogP contribution in [0.4, 0.5) is 34.1 Å². The first-order valence-corrected chi connectivity index (χ1v) is 17.5. The fourth-order valence-corrected chi connectivity index (χ4v) is 8.24. The van der Waals surface area contributed by atoms with E-state index in [1.165, 1.54) is 101 Å². The molecule has 1 aliphatic rings. The molecule has 0 aliphatic heterocycles. The van der Waals surface area contributed by atoms with E-state index in [-0.39, 0.29) is 5.41 Å². The predicted molar refractivity (Wildman–Crippen MR) is 211 cm³/mol. The first-order valence-electron chi connectivity index (χ1n) is 17.5. The monoisotopic (exact) mass is 640 g/mol. The molecule has 0 bridgehead atoms. The van der Waals surface area contributed by atoms with Gasteiger partial charge in [0.25, 0.3) is 0 Å². The van der Waals surface area contributed by atoms with Crippen LogP contribution in [0.2, 0.25) is 0 Å². The number of rotatable bonds is 6. The fourth-order valence-electron chi connectivity index (χ4n) is 8.24. The summed E-state index contributed by atoms with van der Waals surface area (Å²) in [4.78, 5) is 4.91. The first kappa shape index (κ1) is 32.5. The van der Waals surface area contributed by atoms with Crippen molar-refractivity contribution in [3.05, 3.63) is 165 Å². The summed E-state index contributed by atoms with van der Waals surface area (Å²) in [6, 6.07) is 41.3. The zero-order valence-electron chi connectivity index (χ0n) is 30.8. The van der Waals surface area contributed by atoms with Gasteiger partial charge in [0.15, 0.2) is 0 Å². The van der Waals surface area contributed by atoms with E-state index in [0.29, 0.717) is 0 Å². The van der Waals surface area contributed by atoms with Crippen molar-refractivity contribution >= 4 is 34.1 Å². The normalized spacial score (nSPS) is 12.9. The lowest BCUT2D eigenvalue weighted by Gasteiger charge is -2.31. The minimum atomic E-state index is -0.191. The summed E-state index contributed by atoms with van der Waals surface area (Å²) in [7, 11) is 0. The third-order valence-electron chi connectivity index (χ3n) is 10.5. The maximum absolute atomic E-state index is 2.45. The summed E-state index contributed by atoms with van der Waals surface area (Å²) >= 11 is 0. The quantitative estimate of drug-likeness (QED) is 0.179. The number of anilines is 6. The molecular weight excluding hydrogens is 593 g/mol. The highest BCUT2D eigenvalue weighted by molar-refractivity contribution is 5.89. The third-order valence-corrected chi connectivity index (χ3v) is 10.5. The molecule has 0 fully saturated rings. The third kappa shape index (κ3) is 5.64. The SMILES string of the molecule is Cc1ccc(N(c2ccc3c(c2)C(C)(C)c2cc(N(c4ccc(C)cc4)c4c(C)cc(C)cc4C)ccc2-3)c2c(C)cc(C)cc2C)cc1. The molecule has 0 atom stereocenters. The number of hydrogen-bond donors (Lipinski definition) is 0. The molecule has 0 unspecified atom stereocenters. The van der Waals surface area contributed by atoms with Crippen LogP contribution in [-0.4, -0.2) is 0 Å². The molecule has 0 N–H and O–H groups in total. The molecule has 6 aromatic rings. The highest BCUT2D eigenvalue weighted by Crippen LogP contribution is 2.53. The van der Waals surface area contributed by atoms with Gasteiger partial charge >= 0.3 is 0 Å². The van der Waals surface area contributed by atoms with Crippen molar-refractivity contribution in [3.8, 4) is 11.1 Å². The Kier molecular flexibility index (Phi) is 8.02. The smallest absolute Gasteiger partial charge is 0.0520 e. The summed E-state index contributed by atoms with van der Waals surface area (Å²) in [6.45, 7) is 22.4. The van der Waals surface area contributed by atoms with E-state index < -0.39 is 0 Å². The van der Waals surface area contributed by atoms with Gasteiger partial charge in [-0.15, -0.1) is 0 Å². The lowest BCUT2D eigenvalue weighted by atomic mass is 9.82. The largest absolute Gasteiger partial charge is 0.310 e. The van der Waals surface area contributed by atoms with Crippen molar-refractivity contribution < 1.29 is 0 Å². The van der Waals surface area contributed by atoms with Crippen LogP contribution < -0.4 is 9.80 Å². The maximum atomic E-state index is 2.45. The fraction of sp³-hybridized carbons (Fsp3) is 0.234. The van der Waals surface area contributed by atoms with E-state index in [4.69, 9.17) is 0 Å². The van der Waals surface area contributed by atoms with E-state index >= 15 is 0 Å². The molecule has 6 aromatic carbocycles. The lowest BCUT2D eigenvalue weighted by Crippen LogP contribution is -2.18. The molecule has 0 saturated heterocycles. The summed E-state index contributed by atoms with van der Waals surface area (Å²) in [6.07, 6.45) is 0. The van der Waals surface area contributed by atoms with Gasteiger partial charge in [-0.25, -0.2) is 0 Å². The number of aryl methyl sites for hydroxylation is 8. The van der Waals surface area contributed by atoms with Crippen molar-refractivity contribution in [2.75, 3.05) is 9.80 Å². The van der Waals surface area contributed by atoms with Crippen LogP contribution in [0.5, 0.6) is 0 Å². The molecular formula is C47H48N2. The number of nitrogens with zero attached hydrogens (tertiary/aromatic N) is 2. The Morgan fingerprint density at radius 2 is 0.653 bits per heavy atom. The van der Waals surface area contributed by atoms with Crippen LogP contribution in [0.15, 0.2) is 109 Å². The predicted octanol–water partition coefficient (Wildman–Crippen LogP) is 13.4. The summed E-state index contributed by atoms with van der Waals surface area (Å²) in [5.74, 6) is 0. The van der Waals surface area contributed by atoms with Crippen LogP contribution in [0.25, 0.3) is 11.1 Å². The average molecular weight is 641 g/mol. The Bertz CT molecular complexity index is 2010. The van der Waals surface area contributed by atoms with E-state index in [9.17, 15) is 0 Å². The van der Waals surface area contributed by atoms with Crippen LogP contribution in [0.1, 0.15) is 69.5 Å². The Balaban J connectivity index is 1.38. The van der Waals surface area contributed by atoms with Gasteiger partial charge in [-0.3, -0.25) is 0 Å². The first-order chi connectivity index (χ1) is 23.3. The molecule has 0 radical (unpaired) electrons. The highest BCUT2D eigenvalue weighted by atomic mass is 15.2. The lowest BCUT2D eigenvalue weighted by molar-refractivity contribution is 0.660. The Labute approximate surface area is 293 Å². The summed E-state index contributed by atoms with van der Waals surface area (Å²) < 4.78 is 0. The van der Waals surface area contributed by atoms with Gasteiger partial charge in [0.05, 0.1) is 11.4 Å². The molecule has 2 heteroatoms. The molecule has 49 heavy (non-hydrogen) atoms.